The second-order valence-electron chi connectivity index (χ2n) is 2.73. The summed E-state index contributed by atoms with van der Waals surface area (Å²) in [6, 6.07) is 4.14. The molecular formula is C8H13ClN2S+2. The Morgan fingerprint density at radius 2 is 2.00 bits per heavy atom. The summed E-state index contributed by atoms with van der Waals surface area (Å²) in [5.74, 6) is 0.843. The zero-order valence-corrected chi connectivity index (χ0v) is 8.89. The maximum absolute atomic E-state index is 5.58. The maximum atomic E-state index is 5.58. The van der Waals surface area contributed by atoms with Crippen molar-refractivity contribution in [2.24, 2.45) is 0 Å². The van der Waals surface area contributed by atoms with Crippen LogP contribution in [0.4, 0.5) is 5.69 Å². The SMILES string of the molecule is CN(C)c1cc[n+](C[SH+]Cl)cc1. The first-order valence-electron chi connectivity index (χ1n) is 3.68. The van der Waals surface area contributed by atoms with E-state index in [0.29, 0.717) is 0 Å². The van der Waals surface area contributed by atoms with E-state index in [1.54, 1.807) is 0 Å². The molecule has 1 rings (SSSR count). The highest BCUT2D eigenvalue weighted by atomic mass is 35.7. The molecule has 0 amide bonds. The van der Waals surface area contributed by atoms with Gasteiger partial charge in [-0.25, -0.2) is 0 Å². The molecule has 0 radical (unpaired) electrons. The van der Waals surface area contributed by atoms with Gasteiger partial charge in [-0.2, -0.15) is 4.57 Å². The molecule has 0 saturated carbocycles. The van der Waals surface area contributed by atoms with Crippen LogP contribution in [-0.4, -0.2) is 14.1 Å². The Balaban J connectivity index is 2.71. The Labute approximate surface area is 81.6 Å². The number of pyridine rings is 1. The third-order valence-electron chi connectivity index (χ3n) is 1.61. The number of nitrogens with zero attached hydrogens (tertiary/aromatic N) is 2. The third kappa shape index (κ3) is 2.57. The van der Waals surface area contributed by atoms with Gasteiger partial charge in [-0.1, -0.05) is 0 Å². The quantitative estimate of drug-likeness (QED) is 0.404. The zero-order valence-electron chi connectivity index (χ0n) is 7.24. The number of thiol groups is 1. The maximum Gasteiger partial charge on any atom is 0.315 e. The van der Waals surface area contributed by atoms with Gasteiger partial charge in [-0.3, -0.25) is 0 Å². The lowest BCUT2D eigenvalue weighted by Gasteiger charge is -2.09. The molecule has 0 aromatic carbocycles. The summed E-state index contributed by atoms with van der Waals surface area (Å²) in [4.78, 5) is 2.07. The van der Waals surface area contributed by atoms with E-state index in [9.17, 15) is 0 Å². The standard InChI is InChI=1S/C8H12ClN2S/c1-10(2)8-3-5-11(6-4-8)7-12-9/h3-6H,7H2,1-2H3/q+1/p+1. The number of anilines is 1. The van der Waals surface area contributed by atoms with E-state index < -0.39 is 0 Å². The van der Waals surface area contributed by atoms with Gasteiger partial charge in [-0.15, -0.1) is 0 Å². The lowest BCUT2D eigenvalue weighted by molar-refractivity contribution is -0.675. The topological polar surface area (TPSA) is 7.12 Å². The molecule has 0 saturated heterocycles. The molecule has 0 aliphatic carbocycles. The molecule has 1 aromatic rings. The van der Waals surface area contributed by atoms with Crippen LogP contribution in [0, 0.1) is 0 Å². The van der Waals surface area contributed by atoms with Crippen molar-refractivity contribution < 1.29 is 4.57 Å². The van der Waals surface area contributed by atoms with Gasteiger partial charge in [0.25, 0.3) is 0 Å². The van der Waals surface area contributed by atoms with Crippen molar-refractivity contribution >= 4 is 27.3 Å². The fourth-order valence-electron chi connectivity index (χ4n) is 0.904. The van der Waals surface area contributed by atoms with Crippen LogP contribution in [0.1, 0.15) is 0 Å². The number of hydrogen-bond donors (Lipinski definition) is 0. The molecule has 0 aliphatic heterocycles. The Bertz CT molecular complexity index is 235. The van der Waals surface area contributed by atoms with Crippen LogP contribution in [-0.2, 0) is 16.9 Å². The monoisotopic (exact) mass is 204 g/mol. The van der Waals surface area contributed by atoms with Crippen LogP contribution in [0.25, 0.3) is 0 Å². The minimum absolute atomic E-state index is 0.843. The summed E-state index contributed by atoms with van der Waals surface area (Å²) < 4.78 is 2.06. The smallest absolute Gasteiger partial charge is 0.315 e. The Morgan fingerprint density at radius 3 is 2.42 bits per heavy atom. The van der Waals surface area contributed by atoms with Crippen molar-refractivity contribution in [1.29, 1.82) is 0 Å². The fraction of sp³-hybridized carbons (Fsp3) is 0.375. The molecule has 0 N–H and O–H groups in total. The predicted molar refractivity (Wildman–Crippen MR) is 55.6 cm³/mol. The summed E-state index contributed by atoms with van der Waals surface area (Å²) >= 11 is 0. The van der Waals surface area contributed by atoms with Gasteiger partial charge in [0.05, 0.1) is 0 Å². The summed E-state index contributed by atoms with van der Waals surface area (Å²) in [6.45, 7) is 0. The van der Waals surface area contributed by atoms with Crippen molar-refractivity contribution in [3.05, 3.63) is 24.5 Å². The molecule has 0 bridgehead atoms. The summed E-state index contributed by atoms with van der Waals surface area (Å²) in [5.41, 5.74) is 1.21. The van der Waals surface area contributed by atoms with E-state index in [1.165, 1.54) is 5.69 Å². The van der Waals surface area contributed by atoms with Crippen molar-refractivity contribution in [2.75, 3.05) is 19.0 Å². The van der Waals surface area contributed by atoms with Gasteiger partial charge in [-0.05, 0) is 0 Å². The van der Waals surface area contributed by atoms with Crippen LogP contribution >= 0.6 is 10.7 Å². The van der Waals surface area contributed by atoms with E-state index in [0.717, 1.165) is 16.9 Å². The van der Waals surface area contributed by atoms with Gasteiger partial charge < -0.3 is 4.90 Å². The summed E-state index contributed by atoms with van der Waals surface area (Å²) in [7, 11) is 10.5. The summed E-state index contributed by atoms with van der Waals surface area (Å²) in [6.07, 6.45) is 4.06. The average molecular weight is 205 g/mol. The molecule has 4 heteroatoms. The first-order chi connectivity index (χ1) is 5.74. The zero-order chi connectivity index (χ0) is 8.97. The molecule has 66 valence electrons. The molecule has 0 fully saturated rings. The lowest BCUT2D eigenvalue weighted by Crippen LogP contribution is -2.32. The van der Waals surface area contributed by atoms with Crippen LogP contribution < -0.4 is 9.47 Å². The first-order valence-corrected chi connectivity index (χ1v) is 5.66. The van der Waals surface area contributed by atoms with Crippen molar-refractivity contribution in [2.45, 2.75) is 5.88 Å². The van der Waals surface area contributed by atoms with Crippen LogP contribution in [0.15, 0.2) is 24.5 Å². The molecule has 0 spiro atoms. The Kier molecular flexibility index (Phi) is 3.69. The number of rotatable bonds is 3. The molecule has 1 aromatic heterocycles. The number of halogens is 1. The molecule has 1 heterocycles. The minimum Gasteiger partial charge on any atom is -0.377 e. The molecule has 0 atom stereocenters. The fourth-order valence-corrected chi connectivity index (χ4v) is 1.59. The lowest BCUT2D eigenvalue weighted by atomic mass is 10.4. The van der Waals surface area contributed by atoms with E-state index in [-0.39, 0.29) is 0 Å². The van der Waals surface area contributed by atoms with Crippen LogP contribution in [0.2, 0.25) is 0 Å². The van der Waals surface area contributed by atoms with Gasteiger partial charge >= 0.3 is 5.88 Å². The molecule has 0 aliphatic rings. The highest BCUT2D eigenvalue weighted by Crippen LogP contribution is 2.05. The van der Waals surface area contributed by atoms with Crippen molar-refractivity contribution in [3.63, 3.8) is 0 Å². The van der Waals surface area contributed by atoms with Gasteiger partial charge in [0.2, 0.25) is 0 Å². The van der Waals surface area contributed by atoms with Crippen molar-refractivity contribution in [1.82, 2.24) is 0 Å². The van der Waals surface area contributed by atoms with E-state index in [1.807, 2.05) is 26.5 Å². The highest BCUT2D eigenvalue weighted by Gasteiger charge is 2.04. The van der Waals surface area contributed by atoms with E-state index in [2.05, 4.69) is 21.6 Å². The molecular weight excluding hydrogens is 192 g/mol. The summed E-state index contributed by atoms with van der Waals surface area (Å²) in [5, 5.41) is 0. The van der Waals surface area contributed by atoms with Gasteiger partial charge in [0, 0.05) is 31.9 Å². The van der Waals surface area contributed by atoms with Crippen LogP contribution in [0.3, 0.4) is 0 Å². The Morgan fingerprint density at radius 1 is 1.42 bits per heavy atom. The normalized spacial score (nSPS) is 9.92. The van der Waals surface area contributed by atoms with Crippen molar-refractivity contribution in [3.8, 4) is 0 Å². The third-order valence-corrected chi connectivity index (χ3v) is 2.36. The van der Waals surface area contributed by atoms with E-state index in [4.69, 9.17) is 10.7 Å². The highest BCUT2D eigenvalue weighted by molar-refractivity contribution is 8.01. The average Bonchev–Trinajstić information content (AvgIpc) is 2.06. The largest absolute Gasteiger partial charge is 0.377 e. The second-order valence-corrected chi connectivity index (χ2v) is 3.96. The first kappa shape index (κ1) is 9.68. The Hall–Kier alpha value is -0.410. The molecule has 0 unspecified atom stereocenters. The second kappa shape index (κ2) is 4.58. The molecule has 12 heavy (non-hydrogen) atoms. The van der Waals surface area contributed by atoms with Crippen LogP contribution in [0.5, 0.6) is 0 Å². The molecule has 2 nitrogen and oxygen atoms in total. The minimum atomic E-state index is 0.843. The number of hydrogen-bond acceptors (Lipinski definition) is 1. The number of aromatic nitrogens is 1. The van der Waals surface area contributed by atoms with Gasteiger partial charge in [0.1, 0.15) is 0 Å². The van der Waals surface area contributed by atoms with Gasteiger partial charge in [0.15, 0.2) is 34.1 Å². The predicted octanol–water partition coefficient (Wildman–Crippen LogP) is 0.966. The van der Waals surface area contributed by atoms with E-state index >= 15 is 0 Å².